The number of pyridine rings is 1. The van der Waals surface area contributed by atoms with E-state index in [2.05, 4.69) is 92.7 Å². The molecule has 0 atom stereocenters. The van der Waals surface area contributed by atoms with Gasteiger partial charge in [0.1, 0.15) is 4.88 Å². The summed E-state index contributed by atoms with van der Waals surface area (Å²) in [5.74, 6) is 0. The maximum absolute atomic E-state index is 6.33. The van der Waals surface area contributed by atoms with Gasteiger partial charge < -0.3 is 4.42 Å². The van der Waals surface area contributed by atoms with Crippen molar-refractivity contribution in [3.8, 4) is 16.1 Å². The molecule has 0 aliphatic heterocycles. The van der Waals surface area contributed by atoms with Crippen LogP contribution in [0, 0.1) is 13.8 Å². The minimum absolute atomic E-state index is 0.0126. The quantitative estimate of drug-likeness (QED) is 0.295. The molecule has 150 valence electrons. The number of aryl methyl sites for hydroxylation is 1. The smallest absolute Gasteiger partial charge is 0.258 e. The van der Waals surface area contributed by atoms with Gasteiger partial charge in [-0.15, -0.1) is 4.57 Å². The van der Waals surface area contributed by atoms with Crippen LogP contribution in [-0.4, -0.2) is 4.98 Å². The average Bonchev–Trinajstić information content (AvgIpc) is 3.26. The van der Waals surface area contributed by atoms with Gasteiger partial charge in [0.05, 0.1) is 5.41 Å². The molecule has 3 nitrogen and oxygen atoms in total. The van der Waals surface area contributed by atoms with Gasteiger partial charge in [-0.1, -0.05) is 47.7 Å². The highest BCUT2D eigenvalue weighted by molar-refractivity contribution is 7.15. The number of fused-ring (bicyclic) bond motifs is 3. The third-order valence-corrected chi connectivity index (χ3v) is 7.28. The number of hydrogen-bond donors (Lipinski definition) is 0. The fraction of sp³-hybridized carbons (Fsp3) is 0.231. The monoisotopic (exact) mass is 413 g/mol. The second-order valence-corrected chi connectivity index (χ2v) is 9.84. The fourth-order valence-electron chi connectivity index (χ4n) is 4.12. The fourth-order valence-corrected chi connectivity index (χ4v) is 5.43. The Labute approximate surface area is 180 Å². The first-order chi connectivity index (χ1) is 14.4. The maximum Gasteiger partial charge on any atom is 0.258 e. The normalized spacial score (nSPS) is 12.2. The van der Waals surface area contributed by atoms with E-state index in [1.54, 1.807) is 6.20 Å². The van der Waals surface area contributed by atoms with Crippen molar-refractivity contribution in [2.75, 3.05) is 0 Å². The molecular formula is C26H25N2OS+. The summed E-state index contributed by atoms with van der Waals surface area (Å²) in [5, 5.41) is 3.48. The first-order valence-electron chi connectivity index (χ1n) is 10.2. The predicted octanol–water partition coefficient (Wildman–Crippen LogP) is 6.90. The molecule has 5 rings (SSSR count). The molecule has 3 heterocycles. The molecule has 30 heavy (non-hydrogen) atoms. The van der Waals surface area contributed by atoms with Gasteiger partial charge >= 0.3 is 0 Å². The van der Waals surface area contributed by atoms with Crippen molar-refractivity contribution in [3.63, 3.8) is 0 Å². The zero-order valence-corrected chi connectivity index (χ0v) is 18.8. The van der Waals surface area contributed by atoms with Gasteiger partial charge in [0.15, 0.2) is 0 Å². The molecule has 0 spiro atoms. The summed E-state index contributed by atoms with van der Waals surface area (Å²) < 4.78 is 8.74. The number of aromatic nitrogens is 2. The Bertz CT molecular complexity index is 1390. The number of rotatable bonds is 2. The number of hydrogen-bond acceptors (Lipinski definition) is 3. The largest absolute Gasteiger partial charge is 0.431 e. The van der Waals surface area contributed by atoms with E-state index in [4.69, 9.17) is 4.42 Å². The lowest BCUT2D eigenvalue weighted by Gasteiger charge is -2.13. The van der Waals surface area contributed by atoms with Crippen LogP contribution in [0.15, 0.2) is 65.2 Å². The van der Waals surface area contributed by atoms with E-state index in [9.17, 15) is 0 Å². The van der Waals surface area contributed by atoms with Crippen molar-refractivity contribution in [1.29, 1.82) is 0 Å². The summed E-state index contributed by atoms with van der Waals surface area (Å²) in [6.07, 6.45) is 1.79. The Morgan fingerprint density at radius 3 is 2.40 bits per heavy atom. The highest BCUT2D eigenvalue weighted by atomic mass is 32.1. The second-order valence-electron chi connectivity index (χ2n) is 8.84. The topological polar surface area (TPSA) is 29.9 Å². The number of thiazole rings is 1. The molecule has 0 amide bonds. The Balaban J connectivity index is 1.90. The third-order valence-electron chi connectivity index (χ3n) is 5.56. The molecule has 0 aliphatic rings. The summed E-state index contributed by atoms with van der Waals surface area (Å²) in [4.78, 5) is 5.75. The predicted molar refractivity (Wildman–Crippen MR) is 125 cm³/mol. The second kappa shape index (κ2) is 6.78. The zero-order valence-electron chi connectivity index (χ0n) is 18.0. The van der Waals surface area contributed by atoms with E-state index in [1.165, 1.54) is 26.7 Å². The van der Waals surface area contributed by atoms with Crippen LogP contribution in [0.5, 0.6) is 0 Å². The highest BCUT2D eigenvalue weighted by Crippen LogP contribution is 2.38. The lowest BCUT2D eigenvalue weighted by atomic mass is 9.97. The summed E-state index contributed by atoms with van der Waals surface area (Å²) >= 11 is 1.87. The molecule has 0 fully saturated rings. The Morgan fingerprint density at radius 2 is 1.67 bits per heavy atom. The summed E-state index contributed by atoms with van der Waals surface area (Å²) in [5.41, 5.74) is 6.37. The van der Waals surface area contributed by atoms with Gasteiger partial charge in [0.25, 0.3) is 5.69 Å². The molecule has 0 unspecified atom stereocenters. The third kappa shape index (κ3) is 2.86. The van der Waals surface area contributed by atoms with Gasteiger partial charge in [-0.25, -0.2) is 4.98 Å². The van der Waals surface area contributed by atoms with Gasteiger partial charge in [-0.3, -0.25) is 0 Å². The molecular weight excluding hydrogens is 388 g/mol. The van der Waals surface area contributed by atoms with E-state index in [-0.39, 0.29) is 5.41 Å². The highest BCUT2D eigenvalue weighted by Gasteiger charge is 2.37. The molecule has 0 saturated carbocycles. The van der Waals surface area contributed by atoms with Crippen LogP contribution in [0.2, 0.25) is 0 Å². The van der Waals surface area contributed by atoms with Crippen LogP contribution in [0.25, 0.3) is 38.2 Å². The first-order valence-corrected chi connectivity index (χ1v) is 11.1. The van der Waals surface area contributed by atoms with Crippen LogP contribution >= 0.6 is 11.3 Å². The van der Waals surface area contributed by atoms with Gasteiger partial charge in [0.2, 0.25) is 22.0 Å². The molecule has 0 bridgehead atoms. The molecule has 0 aliphatic carbocycles. The van der Waals surface area contributed by atoms with Crippen molar-refractivity contribution in [2.45, 2.75) is 40.0 Å². The van der Waals surface area contributed by atoms with E-state index >= 15 is 0 Å². The van der Waals surface area contributed by atoms with Crippen LogP contribution in [-0.2, 0) is 5.41 Å². The van der Waals surface area contributed by atoms with Crippen molar-refractivity contribution in [2.24, 2.45) is 0 Å². The molecule has 3 aromatic heterocycles. The molecule has 2 aromatic carbocycles. The standard InChI is InChI=1S/C26H25N2OS/c1-16-13-14-19-20-12-9-15-27-24(20)29-22(19)21(16)28-17(2)23(18-10-7-6-8-11-18)30-25(28)26(3,4)5/h6-15H,1-5H3/q+1. The lowest BCUT2D eigenvalue weighted by Crippen LogP contribution is -2.41. The Kier molecular flexibility index (Phi) is 4.30. The number of benzene rings is 2. The molecule has 5 aromatic rings. The molecule has 0 radical (unpaired) electrons. The Morgan fingerprint density at radius 1 is 0.900 bits per heavy atom. The van der Waals surface area contributed by atoms with Gasteiger partial charge in [0, 0.05) is 29.5 Å². The van der Waals surface area contributed by atoms with Crippen molar-refractivity contribution < 1.29 is 8.98 Å². The number of nitrogens with zero attached hydrogens (tertiary/aromatic N) is 2. The Hall–Kier alpha value is -2.98. The SMILES string of the molecule is Cc1ccc2c(oc3ncccc32)c1-[n+]1c(C(C)(C)C)sc(-c2ccccc2)c1C. The first kappa shape index (κ1) is 19.0. The van der Waals surface area contributed by atoms with Gasteiger partial charge in [-0.05, 0) is 51.5 Å². The van der Waals surface area contributed by atoms with E-state index in [0.717, 1.165) is 22.0 Å². The van der Waals surface area contributed by atoms with Gasteiger partial charge in [-0.2, -0.15) is 0 Å². The molecule has 0 saturated heterocycles. The summed E-state index contributed by atoms with van der Waals surface area (Å²) in [6, 6.07) is 19.0. The summed E-state index contributed by atoms with van der Waals surface area (Å²) in [6.45, 7) is 11.2. The number of furan rings is 1. The maximum atomic E-state index is 6.33. The van der Waals surface area contributed by atoms with Crippen LogP contribution in [0.3, 0.4) is 0 Å². The van der Waals surface area contributed by atoms with Crippen LogP contribution in [0.4, 0.5) is 0 Å². The van der Waals surface area contributed by atoms with Crippen LogP contribution in [0.1, 0.15) is 37.0 Å². The van der Waals surface area contributed by atoms with E-state index in [0.29, 0.717) is 5.71 Å². The minimum atomic E-state index is -0.0126. The van der Waals surface area contributed by atoms with E-state index in [1.807, 2.05) is 17.4 Å². The summed E-state index contributed by atoms with van der Waals surface area (Å²) in [7, 11) is 0. The van der Waals surface area contributed by atoms with Crippen molar-refractivity contribution in [3.05, 3.63) is 77.1 Å². The molecule has 0 N–H and O–H groups in total. The zero-order chi connectivity index (χ0) is 21.0. The minimum Gasteiger partial charge on any atom is -0.431 e. The van der Waals surface area contributed by atoms with Crippen molar-refractivity contribution in [1.82, 2.24) is 4.98 Å². The molecule has 4 heteroatoms. The van der Waals surface area contributed by atoms with Crippen molar-refractivity contribution >= 4 is 33.4 Å². The van der Waals surface area contributed by atoms with Crippen LogP contribution < -0.4 is 4.57 Å². The average molecular weight is 414 g/mol. The van der Waals surface area contributed by atoms with E-state index < -0.39 is 0 Å². The lowest BCUT2D eigenvalue weighted by molar-refractivity contribution is -0.607.